The molecule has 0 spiro atoms. The number of H-pyrrole nitrogens is 1. The SMILES string of the molecule is O=C(NCCc1ncn[nH]1)c1ccnc(Br)c1. The number of amides is 1. The van der Waals surface area contributed by atoms with Crippen LogP contribution in [0.2, 0.25) is 0 Å². The second-order valence-corrected chi connectivity index (χ2v) is 4.12. The van der Waals surface area contributed by atoms with Gasteiger partial charge in [-0.2, -0.15) is 5.10 Å². The molecule has 6 nitrogen and oxygen atoms in total. The van der Waals surface area contributed by atoms with E-state index in [1.165, 1.54) is 6.33 Å². The summed E-state index contributed by atoms with van der Waals surface area (Å²) in [6, 6.07) is 3.33. The molecule has 17 heavy (non-hydrogen) atoms. The summed E-state index contributed by atoms with van der Waals surface area (Å²) in [6.45, 7) is 0.508. The molecular formula is C10H10BrN5O. The molecule has 1 amide bonds. The van der Waals surface area contributed by atoms with Gasteiger partial charge in [-0.15, -0.1) is 0 Å². The Labute approximate surface area is 106 Å². The average Bonchev–Trinajstić information content (AvgIpc) is 2.82. The minimum atomic E-state index is -0.132. The second-order valence-electron chi connectivity index (χ2n) is 3.31. The molecule has 88 valence electrons. The Bertz CT molecular complexity index is 499. The molecule has 7 heteroatoms. The Hall–Kier alpha value is -1.76. The predicted molar refractivity (Wildman–Crippen MR) is 64.4 cm³/mol. The van der Waals surface area contributed by atoms with Gasteiger partial charge < -0.3 is 5.32 Å². The fourth-order valence-corrected chi connectivity index (χ4v) is 1.66. The molecule has 0 saturated heterocycles. The molecule has 0 aliphatic carbocycles. The number of aromatic nitrogens is 4. The van der Waals surface area contributed by atoms with Crippen molar-refractivity contribution in [1.82, 2.24) is 25.5 Å². The van der Waals surface area contributed by atoms with E-state index < -0.39 is 0 Å². The van der Waals surface area contributed by atoms with Gasteiger partial charge in [0.2, 0.25) is 0 Å². The zero-order valence-corrected chi connectivity index (χ0v) is 10.4. The summed E-state index contributed by atoms with van der Waals surface area (Å²) < 4.78 is 0.639. The first-order valence-corrected chi connectivity index (χ1v) is 5.79. The van der Waals surface area contributed by atoms with Crippen molar-refractivity contribution in [3.05, 3.63) is 40.6 Å². The Balaban J connectivity index is 1.85. The lowest BCUT2D eigenvalue weighted by atomic mass is 10.2. The lowest BCUT2D eigenvalue weighted by Gasteiger charge is -2.03. The first kappa shape index (κ1) is 11.7. The van der Waals surface area contributed by atoms with Crippen LogP contribution >= 0.6 is 15.9 Å². The number of aromatic amines is 1. The number of halogens is 1. The van der Waals surface area contributed by atoms with Gasteiger partial charge in [0.1, 0.15) is 16.8 Å². The number of hydrogen-bond acceptors (Lipinski definition) is 4. The smallest absolute Gasteiger partial charge is 0.251 e. The second kappa shape index (κ2) is 5.53. The number of carbonyl (C=O) groups is 1. The highest BCUT2D eigenvalue weighted by Crippen LogP contribution is 2.07. The summed E-state index contributed by atoms with van der Waals surface area (Å²) in [6.07, 6.45) is 3.64. The number of rotatable bonds is 4. The van der Waals surface area contributed by atoms with Gasteiger partial charge in [-0.25, -0.2) is 9.97 Å². The lowest BCUT2D eigenvalue weighted by molar-refractivity contribution is 0.0954. The van der Waals surface area contributed by atoms with Crippen molar-refractivity contribution < 1.29 is 4.79 Å². The zero-order valence-electron chi connectivity index (χ0n) is 8.85. The molecule has 0 unspecified atom stereocenters. The van der Waals surface area contributed by atoms with Crippen molar-refractivity contribution in [2.75, 3.05) is 6.54 Å². The summed E-state index contributed by atoms with van der Waals surface area (Å²) in [5.74, 6) is 0.619. The monoisotopic (exact) mass is 295 g/mol. The van der Waals surface area contributed by atoms with Crippen LogP contribution in [0.4, 0.5) is 0 Å². The van der Waals surface area contributed by atoms with E-state index in [-0.39, 0.29) is 5.91 Å². The number of carbonyl (C=O) groups excluding carboxylic acids is 1. The van der Waals surface area contributed by atoms with Gasteiger partial charge in [0, 0.05) is 24.7 Å². The number of hydrogen-bond donors (Lipinski definition) is 2. The number of nitrogens with zero attached hydrogens (tertiary/aromatic N) is 3. The maximum atomic E-state index is 11.7. The molecule has 2 rings (SSSR count). The molecule has 0 radical (unpaired) electrons. The molecule has 0 atom stereocenters. The minimum absolute atomic E-state index is 0.132. The van der Waals surface area contributed by atoms with Crippen LogP contribution in [0.1, 0.15) is 16.2 Å². The molecule has 2 aromatic rings. The topological polar surface area (TPSA) is 83.6 Å². The van der Waals surface area contributed by atoms with E-state index in [2.05, 4.69) is 41.4 Å². The fourth-order valence-electron chi connectivity index (χ4n) is 1.29. The van der Waals surface area contributed by atoms with E-state index in [0.717, 1.165) is 5.82 Å². The zero-order chi connectivity index (χ0) is 12.1. The summed E-state index contributed by atoms with van der Waals surface area (Å²) in [4.78, 5) is 19.6. The molecule has 2 N–H and O–H groups in total. The third kappa shape index (κ3) is 3.35. The van der Waals surface area contributed by atoms with Crippen LogP contribution in [0, 0.1) is 0 Å². The Morgan fingerprint density at radius 3 is 3.06 bits per heavy atom. The van der Waals surface area contributed by atoms with E-state index >= 15 is 0 Å². The van der Waals surface area contributed by atoms with E-state index in [4.69, 9.17) is 0 Å². The van der Waals surface area contributed by atoms with E-state index in [9.17, 15) is 4.79 Å². The van der Waals surface area contributed by atoms with Crippen LogP contribution in [0.15, 0.2) is 29.3 Å². The lowest BCUT2D eigenvalue weighted by Crippen LogP contribution is -2.26. The Kier molecular flexibility index (Phi) is 3.81. The van der Waals surface area contributed by atoms with Gasteiger partial charge in [0.15, 0.2) is 0 Å². The molecule has 2 heterocycles. The van der Waals surface area contributed by atoms with E-state index in [0.29, 0.717) is 23.1 Å². The van der Waals surface area contributed by atoms with E-state index in [1.54, 1.807) is 18.3 Å². The van der Waals surface area contributed by atoms with Gasteiger partial charge in [-0.05, 0) is 28.1 Å². The quantitative estimate of drug-likeness (QED) is 0.822. The molecule has 0 aromatic carbocycles. The van der Waals surface area contributed by atoms with Gasteiger partial charge >= 0.3 is 0 Å². The van der Waals surface area contributed by atoms with Crippen LogP contribution in [-0.4, -0.2) is 32.6 Å². The van der Waals surface area contributed by atoms with Crippen LogP contribution in [0.5, 0.6) is 0 Å². The number of pyridine rings is 1. The summed E-state index contributed by atoms with van der Waals surface area (Å²) in [7, 11) is 0. The van der Waals surface area contributed by atoms with Crippen LogP contribution in [-0.2, 0) is 6.42 Å². The first-order chi connectivity index (χ1) is 8.25. The van der Waals surface area contributed by atoms with Crippen molar-refractivity contribution in [2.45, 2.75) is 6.42 Å². The first-order valence-electron chi connectivity index (χ1n) is 4.99. The van der Waals surface area contributed by atoms with Crippen LogP contribution in [0.3, 0.4) is 0 Å². The maximum Gasteiger partial charge on any atom is 0.251 e. The van der Waals surface area contributed by atoms with Crippen molar-refractivity contribution in [3.63, 3.8) is 0 Å². The molecule has 0 aliphatic rings. The van der Waals surface area contributed by atoms with Crippen molar-refractivity contribution in [1.29, 1.82) is 0 Å². The molecule has 2 aromatic heterocycles. The van der Waals surface area contributed by atoms with Crippen LogP contribution < -0.4 is 5.32 Å². The Morgan fingerprint density at radius 1 is 1.47 bits per heavy atom. The van der Waals surface area contributed by atoms with Crippen molar-refractivity contribution in [2.24, 2.45) is 0 Å². The molecule has 0 bridgehead atoms. The molecule has 0 saturated carbocycles. The highest BCUT2D eigenvalue weighted by molar-refractivity contribution is 9.10. The normalized spacial score (nSPS) is 10.2. The van der Waals surface area contributed by atoms with Crippen molar-refractivity contribution in [3.8, 4) is 0 Å². The summed E-state index contributed by atoms with van der Waals surface area (Å²) in [5.41, 5.74) is 0.574. The third-order valence-corrected chi connectivity index (χ3v) is 2.53. The highest BCUT2D eigenvalue weighted by atomic mass is 79.9. The predicted octanol–water partition coefficient (Wildman–Crippen LogP) is 0.935. The molecule has 0 aliphatic heterocycles. The molecular weight excluding hydrogens is 286 g/mol. The average molecular weight is 296 g/mol. The number of nitrogens with one attached hydrogen (secondary N) is 2. The van der Waals surface area contributed by atoms with Crippen molar-refractivity contribution >= 4 is 21.8 Å². The molecule has 0 fully saturated rings. The van der Waals surface area contributed by atoms with Gasteiger partial charge in [-0.1, -0.05) is 0 Å². The minimum Gasteiger partial charge on any atom is -0.352 e. The van der Waals surface area contributed by atoms with E-state index in [1.807, 2.05) is 0 Å². The van der Waals surface area contributed by atoms with Gasteiger partial charge in [0.25, 0.3) is 5.91 Å². The third-order valence-electron chi connectivity index (χ3n) is 2.10. The largest absolute Gasteiger partial charge is 0.352 e. The Morgan fingerprint density at radius 2 is 2.35 bits per heavy atom. The summed E-state index contributed by atoms with van der Waals surface area (Å²) in [5, 5.41) is 9.25. The van der Waals surface area contributed by atoms with Gasteiger partial charge in [0.05, 0.1) is 0 Å². The summed E-state index contributed by atoms with van der Waals surface area (Å²) >= 11 is 3.22. The van der Waals surface area contributed by atoms with Gasteiger partial charge in [-0.3, -0.25) is 9.89 Å². The highest BCUT2D eigenvalue weighted by Gasteiger charge is 2.05. The standard InChI is InChI=1S/C10H10BrN5O/c11-8-5-7(1-3-12-8)10(17)13-4-2-9-14-6-15-16-9/h1,3,5-6H,2,4H2,(H,13,17)(H,14,15,16). The maximum absolute atomic E-state index is 11.7. The fraction of sp³-hybridized carbons (Fsp3) is 0.200. The van der Waals surface area contributed by atoms with Crippen LogP contribution in [0.25, 0.3) is 0 Å².